The summed E-state index contributed by atoms with van der Waals surface area (Å²) in [7, 11) is 0. The van der Waals surface area contributed by atoms with Gasteiger partial charge in [-0.25, -0.2) is 0 Å². The predicted molar refractivity (Wildman–Crippen MR) is 130 cm³/mol. The van der Waals surface area contributed by atoms with Gasteiger partial charge < -0.3 is 19.3 Å². The molecule has 0 saturated carbocycles. The molecule has 0 amide bonds. The monoisotopic (exact) mass is 577 g/mol. The minimum Gasteiger partial charge on any atom is -0.385 e. The third kappa shape index (κ3) is 7.56. The Balaban J connectivity index is 1.72. The van der Waals surface area contributed by atoms with E-state index in [1.54, 1.807) is 0 Å². The van der Waals surface area contributed by atoms with E-state index in [0.717, 1.165) is 22.8 Å². The van der Waals surface area contributed by atoms with Gasteiger partial charge in [0.05, 0.1) is 39.3 Å². The first-order valence-electron chi connectivity index (χ1n) is 9.96. The third-order valence-corrected chi connectivity index (χ3v) is 6.88. The number of hydrogen-bond donors (Lipinski definition) is 1. The number of halogens is 1. The summed E-state index contributed by atoms with van der Waals surface area (Å²) in [4.78, 5) is 2.94. The molecule has 166 valence electrons. The summed E-state index contributed by atoms with van der Waals surface area (Å²) in [5.74, 6) is 0. The lowest BCUT2D eigenvalue weighted by molar-refractivity contribution is -0.256. The molecule has 11 heteroatoms. The Kier molecular flexibility index (Phi) is 10.2. The second kappa shape index (κ2) is 13.6. The highest BCUT2D eigenvalue weighted by molar-refractivity contribution is 14.2. The number of hydrogen-bond acceptors (Lipinski definition) is 7. The van der Waals surface area contributed by atoms with Crippen LogP contribution in [0, 0.1) is 0 Å². The highest BCUT2D eigenvalue weighted by Gasteiger charge is 2.46. The molecule has 3 unspecified atom stereocenters. The van der Waals surface area contributed by atoms with Gasteiger partial charge in [0.1, 0.15) is 6.10 Å². The lowest BCUT2D eigenvalue weighted by atomic mass is 9.97. The van der Waals surface area contributed by atoms with Crippen LogP contribution in [0.5, 0.6) is 0 Å². The van der Waals surface area contributed by atoms with Gasteiger partial charge in [-0.1, -0.05) is 65.8 Å². The van der Waals surface area contributed by atoms with Crippen LogP contribution in [0.3, 0.4) is 0 Å². The predicted octanol–water partition coefficient (Wildman–Crippen LogP) is 5.16. The fourth-order valence-corrected chi connectivity index (χ4v) is 4.67. The van der Waals surface area contributed by atoms with E-state index in [1.807, 2.05) is 82.7 Å². The van der Waals surface area contributed by atoms with Gasteiger partial charge >= 0.3 is 0 Å². The number of aliphatic hydroxyl groups is 1. The maximum Gasteiger partial charge on any atom is 0.199 e. The van der Waals surface area contributed by atoms with E-state index < -0.39 is 36.0 Å². The molecule has 2 aromatic carbocycles. The minimum atomic E-state index is -1.21. The van der Waals surface area contributed by atoms with E-state index in [0.29, 0.717) is 6.61 Å². The first-order chi connectivity index (χ1) is 15.6. The maximum absolute atomic E-state index is 10.9. The molecular formula is C20H23IN3O5PS. The Morgan fingerprint density at radius 3 is 2.42 bits per heavy atom. The van der Waals surface area contributed by atoms with Crippen molar-refractivity contribution in [2.24, 2.45) is 5.11 Å². The van der Waals surface area contributed by atoms with Crippen LogP contribution in [0.15, 0.2) is 65.8 Å². The average molecular weight is 577 g/mol. The van der Waals surface area contributed by atoms with Crippen molar-refractivity contribution in [3.8, 4) is 0 Å². The van der Waals surface area contributed by atoms with Crippen LogP contribution < -0.4 is 0 Å². The Bertz CT molecular complexity index is 869. The zero-order valence-electron chi connectivity index (χ0n) is 17.4. The van der Waals surface area contributed by atoms with Crippen LogP contribution in [-0.2, 0) is 31.6 Å². The van der Waals surface area contributed by atoms with Crippen molar-refractivity contribution < 1.29 is 23.5 Å². The molecule has 1 saturated heterocycles. The Morgan fingerprint density at radius 1 is 1.16 bits per heavy atom. The summed E-state index contributed by atoms with van der Waals surface area (Å²) >= 11 is 2.87. The smallest absolute Gasteiger partial charge is 0.199 e. The van der Waals surface area contributed by atoms with Gasteiger partial charge in [0.2, 0.25) is 0 Å². The van der Waals surface area contributed by atoms with E-state index in [1.165, 1.54) is 0 Å². The van der Waals surface area contributed by atoms with Gasteiger partial charge in [0.15, 0.2) is 6.29 Å². The molecule has 1 heterocycles. The maximum atomic E-state index is 10.9. The van der Waals surface area contributed by atoms with Gasteiger partial charge in [-0.3, -0.25) is 4.18 Å². The Hall–Kier alpha value is -0.940. The summed E-state index contributed by atoms with van der Waals surface area (Å²) in [6.07, 6.45) is -3.84. The van der Waals surface area contributed by atoms with E-state index in [4.69, 9.17) is 25.2 Å². The molecule has 1 aliphatic rings. The van der Waals surface area contributed by atoms with Crippen molar-refractivity contribution in [3.63, 3.8) is 0 Å². The molecule has 0 bridgehead atoms. The molecule has 2 aromatic rings. The van der Waals surface area contributed by atoms with E-state index >= 15 is 0 Å². The van der Waals surface area contributed by atoms with Crippen molar-refractivity contribution in [3.05, 3.63) is 82.2 Å². The van der Waals surface area contributed by atoms with Gasteiger partial charge in [-0.2, -0.15) is 0 Å². The number of nitrogens with zero attached hydrogens (tertiary/aromatic N) is 3. The molecule has 1 fully saturated rings. The largest absolute Gasteiger partial charge is 0.385 e. The van der Waals surface area contributed by atoms with Crippen LogP contribution in [-0.4, -0.2) is 43.6 Å². The standard InChI is InChI=1S/C20H23IN3O5PS/c21-30-31-29-20-18(25)19(27-12-15-9-5-2-6-10-15)17(23-24-22)16(28-20)13-26-11-14-7-3-1-4-8-14/h1-10,16-20,25,30H,11-13H2/t16-,17+,18?,19?,20+,30?/m1/s1/i30T. The van der Waals surface area contributed by atoms with Gasteiger partial charge in [-0.05, 0) is 38.7 Å². The molecule has 31 heavy (non-hydrogen) atoms. The summed E-state index contributed by atoms with van der Waals surface area (Å²) in [6.45, 7) is 0.684. The quantitative estimate of drug-likeness (QED) is 0.0988. The summed E-state index contributed by atoms with van der Waals surface area (Å²) in [5, 5.41) is 13.5. The molecule has 6 atom stereocenters. The molecule has 1 aliphatic heterocycles. The SMILES string of the molecule is [3H]P(I)SO[C@@H]1O[C@H](COCc2ccccc2)[C@H](N=[N+]=[N-])C(OCc2ccccc2)C1O. The van der Waals surface area contributed by atoms with Gasteiger partial charge in [0, 0.05) is 21.9 Å². The fraction of sp³-hybridized carbons (Fsp3) is 0.400. The molecule has 0 aromatic heterocycles. The van der Waals surface area contributed by atoms with E-state index in [9.17, 15) is 5.11 Å². The second-order valence-electron chi connectivity index (χ2n) is 6.73. The number of ether oxygens (including phenoxy) is 3. The molecule has 1 N–H and O–H groups in total. The van der Waals surface area contributed by atoms with Crippen molar-refractivity contribution in [1.29, 1.82) is 1.28 Å². The molecule has 8 nitrogen and oxygen atoms in total. The Morgan fingerprint density at radius 2 is 1.81 bits per heavy atom. The van der Waals surface area contributed by atoms with Crippen molar-refractivity contribution in [2.75, 3.05) is 6.61 Å². The fourth-order valence-electron chi connectivity index (χ4n) is 3.21. The van der Waals surface area contributed by atoms with Crippen LogP contribution in [0.25, 0.3) is 10.4 Å². The number of aliphatic hydroxyl groups excluding tert-OH is 1. The first kappa shape index (κ1) is 23.2. The summed E-state index contributed by atoms with van der Waals surface area (Å²) in [5.41, 5.74) is 11.0. The van der Waals surface area contributed by atoms with Crippen LogP contribution >= 0.6 is 39.1 Å². The zero-order valence-corrected chi connectivity index (χ0v) is 20.3. The molecule has 0 radical (unpaired) electrons. The van der Waals surface area contributed by atoms with Crippen LogP contribution in [0.4, 0.5) is 0 Å². The summed E-state index contributed by atoms with van der Waals surface area (Å²) < 4.78 is 31.0. The number of benzene rings is 2. The Labute approximate surface area is 201 Å². The topological polar surface area (TPSA) is 106 Å². The second-order valence-corrected chi connectivity index (χ2v) is 11.6. The van der Waals surface area contributed by atoms with Crippen LogP contribution in [0.1, 0.15) is 11.1 Å². The van der Waals surface area contributed by atoms with Crippen molar-refractivity contribution >= 4 is 39.1 Å². The number of rotatable bonds is 11. The van der Waals surface area contributed by atoms with Crippen molar-refractivity contribution in [1.82, 2.24) is 0 Å². The normalized spacial score (nSPS) is 27.2. The molecule has 0 aliphatic carbocycles. The zero-order chi connectivity index (χ0) is 22.8. The van der Waals surface area contributed by atoms with Gasteiger partial charge in [0.25, 0.3) is 0 Å². The molecule has 3 rings (SSSR count). The lowest BCUT2D eigenvalue weighted by Crippen LogP contribution is -2.59. The van der Waals surface area contributed by atoms with Gasteiger partial charge in [-0.15, -0.1) is 0 Å². The molecular weight excluding hydrogens is 552 g/mol. The molecule has 0 spiro atoms. The van der Waals surface area contributed by atoms with E-state index in [-0.39, 0.29) is 13.2 Å². The lowest BCUT2D eigenvalue weighted by Gasteiger charge is -2.42. The average Bonchev–Trinajstić information content (AvgIpc) is 2.80. The summed E-state index contributed by atoms with van der Waals surface area (Å²) in [6, 6.07) is 18.3. The van der Waals surface area contributed by atoms with Crippen molar-refractivity contribution in [2.45, 2.75) is 43.9 Å². The van der Waals surface area contributed by atoms with Crippen LogP contribution in [0.2, 0.25) is 0 Å². The highest BCUT2D eigenvalue weighted by atomic mass is 127. The van der Waals surface area contributed by atoms with E-state index in [2.05, 4.69) is 10.0 Å². The minimum absolute atomic E-state index is 0.112. The highest BCUT2D eigenvalue weighted by Crippen LogP contribution is 2.41. The number of azide groups is 1. The first-order valence-corrected chi connectivity index (χ1v) is 14.5. The third-order valence-electron chi connectivity index (χ3n) is 4.67.